The van der Waals surface area contributed by atoms with Crippen molar-refractivity contribution in [3.05, 3.63) is 48.7 Å². The van der Waals surface area contributed by atoms with Crippen LogP contribution in [0.4, 0.5) is 5.82 Å². The Bertz CT molecular complexity index is 1520. The smallest absolute Gasteiger partial charge is 0.226 e. The molecule has 5 rings (SSSR count). The molecule has 0 atom stereocenters. The molecule has 0 spiro atoms. The maximum Gasteiger partial charge on any atom is 0.226 e. The summed E-state index contributed by atoms with van der Waals surface area (Å²) in [6, 6.07) is 8.43. The van der Waals surface area contributed by atoms with Gasteiger partial charge in [0, 0.05) is 54.8 Å². The van der Waals surface area contributed by atoms with Crippen LogP contribution in [0.5, 0.6) is 0 Å². The first-order valence-corrected chi connectivity index (χ1v) is 13.6. The van der Waals surface area contributed by atoms with Crippen LogP contribution in [0.2, 0.25) is 0 Å². The van der Waals surface area contributed by atoms with Crippen molar-refractivity contribution in [3.63, 3.8) is 0 Å². The number of rotatable bonds is 7. The fraction of sp³-hybridized carbons (Fsp3) is 0.448. The average molecular weight is 526 g/mol. The zero-order chi connectivity index (χ0) is 27.7. The maximum atomic E-state index is 12.9. The molecule has 5 heterocycles. The lowest BCUT2D eigenvalue weighted by atomic mass is 9.75. The van der Waals surface area contributed by atoms with Crippen LogP contribution in [0, 0.1) is 16.7 Å². The third kappa shape index (κ3) is 4.97. The summed E-state index contributed by atoms with van der Waals surface area (Å²) in [5.41, 5.74) is 3.12. The van der Waals surface area contributed by atoms with Crippen LogP contribution >= 0.6 is 0 Å². The predicted molar refractivity (Wildman–Crippen MR) is 150 cm³/mol. The molecule has 0 saturated carbocycles. The third-order valence-corrected chi connectivity index (χ3v) is 7.66. The second kappa shape index (κ2) is 10.5. The van der Waals surface area contributed by atoms with Gasteiger partial charge in [-0.15, -0.1) is 0 Å². The third-order valence-electron chi connectivity index (χ3n) is 7.66. The molecule has 1 fully saturated rings. The van der Waals surface area contributed by atoms with Gasteiger partial charge in [-0.3, -0.25) is 13.9 Å². The van der Waals surface area contributed by atoms with Crippen molar-refractivity contribution in [2.45, 2.75) is 66.0 Å². The normalized spacial score (nSPS) is 15.2. The predicted octanol–water partition coefficient (Wildman–Crippen LogP) is 4.63. The van der Waals surface area contributed by atoms with Crippen molar-refractivity contribution in [2.24, 2.45) is 5.41 Å². The van der Waals surface area contributed by atoms with Crippen molar-refractivity contribution >= 4 is 17.4 Å². The van der Waals surface area contributed by atoms with E-state index in [1.54, 1.807) is 23.0 Å². The van der Waals surface area contributed by atoms with E-state index in [2.05, 4.69) is 47.1 Å². The molecule has 39 heavy (non-hydrogen) atoms. The average Bonchev–Trinajstić information content (AvgIpc) is 3.60. The summed E-state index contributed by atoms with van der Waals surface area (Å²) < 4.78 is 3.65. The monoisotopic (exact) mass is 525 g/mol. The largest absolute Gasteiger partial charge is 0.357 e. The molecule has 1 aliphatic heterocycles. The van der Waals surface area contributed by atoms with E-state index in [0.29, 0.717) is 17.2 Å². The van der Waals surface area contributed by atoms with E-state index >= 15 is 0 Å². The van der Waals surface area contributed by atoms with Gasteiger partial charge < -0.3 is 10.2 Å². The standard InChI is InChI=1S/C29H35N9O/c1-6-29(28(39)34-19(2)3)9-11-36(12-10-29)25-8-7-21(15-31-25)27-35-24(22-16-33-37(18-22)20(4)5)13-26-32-17-23(14-30)38(26)27/h7-8,13,15-20H,6,9-12H2,1-5H3,(H,34,39). The van der Waals surface area contributed by atoms with Gasteiger partial charge >= 0.3 is 0 Å². The summed E-state index contributed by atoms with van der Waals surface area (Å²) in [4.78, 5) is 29.3. The lowest BCUT2D eigenvalue weighted by Crippen LogP contribution is -2.50. The number of imidazole rings is 1. The summed E-state index contributed by atoms with van der Waals surface area (Å²) in [6.45, 7) is 11.8. The first-order valence-electron chi connectivity index (χ1n) is 13.6. The molecule has 4 aromatic heterocycles. The number of carbonyl (C=O) groups is 1. The second-order valence-corrected chi connectivity index (χ2v) is 10.9. The highest BCUT2D eigenvalue weighted by atomic mass is 16.2. The molecule has 0 radical (unpaired) electrons. The van der Waals surface area contributed by atoms with Gasteiger partial charge in [-0.25, -0.2) is 15.0 Å². The van der Waals surface area contributed by atoms with Gasteiger partial charge in [0.05, 0.1) is 23.5 Å². The molecule has 1 saturated heterocycles. The number of hydrogen-bond acceptors (Lipinski definition) is 7. The first-order chi connectivity index (χ1) is 18.7. The van der Waals surface area contributed by atoms with Gasteiger partial charge in [0.25, 0.3) is 0 Å². The number of pyridine rings is 1. The Hall–Kier alpha value is -4.26. The molecule has 0 aliphatic carbocycles. The van der Waals surface area contributed by atoms with Crippen molar-refractivity contribution in [1.82, 2.24) is 34.4 Å². The summed E-state index contributed by atoms with van der Waals surface area (Å²) in [7, 11) is 0. The molecule has 0 unspecified atom stereocenters. The molecule has 4 aromatic rings. The van der Waals surface area contributed by atoms with Gasteiger partial charge in [-0.05, 0) is 59.1 Å². The van der Waals surface area contributed by atoms with Crippen LogP contribution < -0.4 is 10.2 Å². The molecule has 202 valence electrons. The summed E-state index contributed by atoms with van der Waals surface area (Å²) in [5.74, 6) is 1.62. The van der Waals surface area contributed by atoms with Crippen LogP contribution in [0.3, 0.4) is 0 Å². The summed E-state index contributed by atoms with van der Waals surface area (Å²) in [5, 5.41) is 17.3. The molecule has 10 nitrogen and oxygen atoms in total. The first kappa shape index (κ1) is 26.4. The van der Waals surface area contributed by atoms with Crippen LogP contribution in [0.25, 0.3) is 28.3 Å². The molecule has 1 aliphatic rings. The van der Waals surface area contributed by atoms with Gasteiger partial charge in [0.15, 0.2) is 0 Å². The van der Waals surface area contributed by atoms with E-state index in [4.69, 9.17) is 9.97 Å². The Morgan fingerprint density at radius 2 is 1.87 bits per heavy atom. The molecule has 1 N–H and O–H groups in total. The summed E-state index contributed by atoms with van der Waals surface area (Å²) in [6.07, 6.45) is 9.54. The number of aromatic nitrogens is 6. The molecule has 0 bridgehead atoms. The van der Waals surface area contributed by atoms with Gasteiger partial charge in [-0.2, -0.15) is 10.4 Å². The minimum absolute atomic E-state index is 0.134. The van der Waals surface area contributed by atoms with Crippen LogP contribution in [-0.4, -0.2) is 54.2 Å². The number of carbonyl (C=O) groups excluding carboxylic acids is 1. The van der Waals surface area contributed by atoms with Crippen LogP contribution in [-0.2, 0) is 4.79 Å². The SMILES string of the molecule is CCC1(C(=O)NC(C)C)CCN(c2ccc(-c3nc(-c4cnn(C(C)C)c4)cc4ncc(C#N)n34)cn2)CC1. The summed E-state index contributed by atoms with van der Waals surface area (Å²) >= 11 is 0. The van der Waals surface area contributed by atoms with E-state index in [1.807, 2.05) is 42.9 Å². The van der Waals surface area contributed by atoms with E-state index in [-0.39, 0.29) is 23.4 Å². The number of anilines is 1. The van der Waals surface area contributed by atoms with Gasteiger partial charge in [-0.1, -0.05) is 6.92 Å². The van der Waals surface area contributed by atoms with Crippen molar-refractivity contribution < 1.29 is 4.79 Å². The molecular formula is C29H35N9O. The highest BCUT2D eigenvalue weighted by Gasteiger charge is 2.40. The number of amides is 1. The van der Waals surface area contributed by atoms with Crippen molar-refractivity contribution in [3.8, 4) is 28.7 Å². The Morgan fingerprint density at radius 3 is 2.46 bits per heavy atom. The second-order valence-electron chi connectivity index (χ2n) is 10.9. The fourth-order valence-corrected chi connectivity index (χ4v) is 5.21. The number of nitrogens with one attached hydrogen (secondary N) is 1. The molecular weight excluding hydrogens is 490 g/mol. The number of nitriles is 1. The number of nitrogens with zero attached hydrogens (tertiary/aromatic N) is 8. The quantitative estimate of drug-likeness (QED) is 0.374. The highest BCUT2D eigenvalue weighted by Crippen LogP contribution is 2.37. The van der Waals surface area contributed by atoms with Crippen molar-refractivity contribution in [2.75, 3.05) is 18.0 Å². The Balaban J connectivity index is 1.43. The zero-order valence-corrected chi connectivity index (χ0v) is 23.2. The Kier molecular flexibility index (Phi) is 7.08. The fourth-order valence-electron chi connectivity index (χ4n) is 5.21. The minimum Gasteiger partial charge on any atom is -0.357 e. The van der Waals surface area contributed by atoms with Gasteiger partial charge in [0.2, 0.25) is 5.91 Å². The highest BCUT2D eigenvalue weighted by molar-refractivity contribution is 5.83. The number of fused-ring (bicyclic) bond motifs is 1. The molecule has 1 amide bonds. The van der Waals surface area contributed by atoms with E-state index in [0.717, 1.165) is 55.0 Å². The lowest BCUT2D eigenvalue weighted by Gasteiger charge is -2.41. The maximum absolute atomic E-state index is 12.9. The lowest BCUT2D eigenvalue weighted by molar-refractivity contribution is -0.133. The Morgan fingerprint density at radius 1 is 1.10 bits per heavy atom. The Labute approximate surface area is 228 Å². The van der Waals surface area contributed by atoms with Crippen molar-refractivity contribution in [1.29, 1.82) is 5.26 Å². The minimum atomic E-state index is -0.324. The van der Waals surface area contributed by atoms with Crippen LogP contribution in [0.15, 0.2) is 43.0 Å². The number of piperidine rings is 1. The number of hydrogen-bond donors (Lipinski definition) is 1. The van der Waals surface area contributed by atoms with E-state index in [9.17, 15) is 10.1 Å². The van der Waals surface area contributed by atoms with E-state index in [1.165, 1.54) is 0 Å². The zero-order valence-electron chi connectivity index (χ0n) is 23.2. The molecule has 0 aromatic carbocycles. The molecule has 10 heteroatoms. The van der Waals surface area contributed by atoms with Crippen LogP contribution in [0.1, 0.15) is 65.6 Å². The van der Waals surface area contributed by atoms with E-state index < -0.39 is 0 Å². The van der Waals surface area contributed by atoms with Gasteiger partial charge in [0.1, 0.15) is 29.1 Å². The topological polar surface area (TPSA) is 117 Å².